The molecular formula is C20H22F2N6O3. The predicted octanol–water partition coefficient (Wildman–Crippen LogP) is 3.55. The Bertz CT molecular complexity index is 1080. The third-order valence-corrected chi connectivity index (χ3v) is 4.76. The molecule has 1 amide bonds. The summed E-state index contributed by atoms with van der Waals surface area (Å²) in [6.45, 7) is 4.95. The van der Waals surface area contributed by atoms with E-state index in [2.05, 4.69) is 25.4 Å². The van der Waals surface area contributed by atoms with E-state index >= 15 is 0 Å². The number of hydrogen-bond acceptors (Lipinski definition) is 7. The van der Waals surface area contributed by atoms with Crippen molar-refractivity contribution in [1.29, 1.82) is 0 Å². The zero-order valence-corrected chi connectivity index (χ0v) is 17.1. The number of aromatic nitrogens is 5. The molecule has 31 heavy (non-hydrogen) atoms. The molecule has 0 spiro atoms. The highest BCUT2D eigenvalue weighted by molar-refractivity contribution is 6.06. The minimum absolute atomic E-state index is 0.0993. The number of hydrogen-bond donors (Lipinski definition) is 1. The van der Waals surface area contributed by atoms with Gasteiger partial charge in [0.25, 0.3) is 12.3 Å². The van der Waals surface area contributed by atoms with E-state index in [4.69, 9.17) is 9.47 Å². The van der Waals surface area contributed by atoms with Gasteiger partial charge in [-0.05, 0) is 38.8 Å². The lowest BCUT2D eigenvalue weighted by molar-refractivity contribution is 0.0664. The van der Waals surface area contributed by atoms with Crippen LogP contribution in [0, 0.1) is 0 Å². The molecule has 0 radical (unpaired) electrons. The Balaban J connectivity index is 1.67. The summed E-state index contributed by atoms with van der Waals surface area (Å²) >= 11 is 0. The fraction of sp³-hybridized carbons (Fsp3) is 0.450. The van der Waals surface area contributed by atoms with Crippen molar-refractivity contribution in [2.75, 3.05) is 18.5 Å². The van der Waals surface area contributed by atoms with Gasteiger partial charge in [0, 0.05) is 31.0 Å². The molecule has 3 aromatic heterocycles. The first-order chi connectivity index (χ1) is 14.9. The van der Waals surface area contributed by atoms with Crippen LogP contribution in [0.3, 0.4) is 0 Å². The Hall–Kier alpha value is -3.21. The number of nitrogens with zero attached hydrogens (tertiary/aromatic N) is 5. The number of alkyl halides is 2. The van der Waals surface area contributed by atoms with Gasteiger partial charge in [-0.15, -0.1) is 0 Å². The Morgan fingerprint density at radius 2 is 2.06 bits per heavy atom. The van der Waals surface area contributed by atoms with Crippen LogP contribution < -0.4 is 10.1 Å². The first-order valence-corrected chi connectivity index (χ1v) is 9.97. The zero-order valence-electron chi connectivity index (χ0n) is 17.1. The zero-order chi connectivity index (χ0) is 22.0. The standard InChI is InChI=1S/C20H22F2N6O3/c1-11(2)31-19-14(18(29)26-20-23-6-3-15(24-20)16(21)22)9-12-10-28(27-17(12)25-19)13-4-7-30-8-5-13/h3,6,9-11,13,16H,4-5,7-8H2,1-2H3,(H,23,24,26,29). The van der Waals surface area contributed by atoms with Crippen molar-refractivity contribution in [3.63, 3.8) is 0 Å². The molecule has 0 atom stereocenters. The smallest absolute Gasteiger partial charge is 0.280 e. The molecule has 11 heteroatoms. The fourth-order valence-electron chi connectivity index (χ4n) is 3.29. The molecule has 164 valence electrons. The largest absolute Gasteiger partial charge is 0.474 e. The van der Waals surface area contributed by atoms with Gasteiger partial charge in [0.15, 0.2) is 5.65 Å². The second-order valence-electron chi connectivity index (χ2n) is 7.43. The summed E-state index contributed by atoms with van der Waals surface area (Å²) in [6.07, 6.45) is 1.67. The number of fused-ring (bicyclic) bond motifs is 1. The van der Waals surface area contributed by atoms with Gasteiger partial charge in [-0.25, -0.2) is 18.7 Å². The lowest BCUT2D eigenvalue weighted by Crippen LogP contribution is -2.19. The first kappa shape index (κ1) is 21.0. The number of nitrogens with one attached hydrogen (secondary N) is 1. The summed E-state index contributed by atoms with van der Waals surface area (Å²) in [4.78, 5) is 24.9. The van der Waals surface area contributed by atoms with Crippen LogP contribution >= 0.6 is 0 Å². The van der Waals surface area contributed by atoms with Crippen LogP contribution in [-0.4, -0.2) is 50.0 Å². The van der Waals surface area contributed by atoms with E-state index in [0.29, 0.717) is 24.2 Å². The SMILES string of the molecule is CC(C)Oc1nc2nn(C3CCOCC3)cc2cc1C(=O)Nc1nccc(C(F)F)n1. The van der Waals surface area contributed by atoms with Gasteiger partial charge in [-0.3, -0.25) is 14.8 Å². The number of carbonyl (C=O) groups is 1. The monoisotopic (exact) mass is 432 g/mol. The Morgan fingerprint density at radius 3 is 2.77 bits per heavy atom. The molecule has 0 unspecified atom stereocenters. The second kappa shape index (κ2) is 8.88. The maximum atomic E-state index is 12.9. The second-order valence-corrected chi connectivity index (χ2v) is 7.43. The molecule has 0 aromatic carbocycles. The molecule has 4 rings (SSSR count). The van der Waals surface area contributed by atoms with Crippen molar-refractivity contribution in [3.05, 3.63) is 35.8 Å². The van der Waals surface area contributed by atoms with E-state index < -0.39 is 18.0 Å². The van der Waals surface area contributed by atoms with E-state index in [1.807, 2.05) is 24.7 Å². The number of anilines is 1. The highest BCUT2D eigenvalue weighted by Gasteiger charge is 2.22. The van der Waals surface area contributed by atoms with Crippen LogP contribution in [0.2, 0.25) is 0 Å². The third-order valence-electron chi connectivity index (χ3n) is 4.76. The van der Waals surface area contributed by atoms with Crippen molar-refractivity contribution in [3.8, 4) is 5.88 Å². The normalized spacial score (nSPS) is 15.0. The van der Waals surface area contributed by atoms with Gasteiger partial charge >= 0.3 is 0 Å². The third kappa shape index (κ3) is 4.76. The molecule has 1 N–H and O–H groups in total. The summed E-state index contributed by atoms with van der Waals surface area (Å²) in [5.74, 6) is -0.742. The molecule has 3 aromatic rings. The molecule has 0 bridgehead atoms. The van der Waals surface area contributed by atoms with Crippen LogP contribution in [-0.2, 0) is 4.74 Å². The molecule has 1 aliphatic rings. The van der Waals surface area contributed by atoms with Gasteiger partial charge in [-0.2, -0.15) is 10.1 Å². The fourth-order valence-corrected chi connectivity index (χ4v) is 3.29. The molecule has 0 saturated carbocycles. The molecule has 9 nitrogen and oxygen atoms in total. The van der Waals surface area contributed by atoms with Gasteiger partial charge in [-0.1, -0.05) is 0 Å². The average molecular weight is 432 g/mol. The van der Waals surface area contributed by atoms with Gasteiger partial charge in [0.05, 0.1) is 12.1 Å². The number of rotatable bonds is 6. The van der Waals surface area contributed by atoms with E-state index in [-0.39, 0.29) is 29.5 Å². The summed E-state index contributed by atoms with van der Waals surface area (Å²) in [5.41, 5.74) is 0.115. The van der Waals surface area contributed by atoms with Crippen LogP contribution in [0.1, 0.15) is 55.2 Å². The number of pyridine rings is 1. The van der Waals surface area contributed by atoms with Crippen molar-refractivity contribution in [2.45, 2.75) is 45.3 Å². The van der Waals surface area contributed by atoms with E-state index in [1.165, 1.54) is 0 Å². The number of halogens is 2. The minimum atomic E-state index is -2.77. The Morgan fingerprint density at radius 1 is 1.29 bits per heavy atom. The van der Waals surface area contributed by atoms with E-state index in [0.717, 1.165) is 25.1 Å². The van der Waals surface area contributed by atoms with Gasteiger partial charge in [0.1, 0.15) is 11.3 Å². The maximum absolute atomic E-state index is 12.9. The van der Waals surface area contributed by atoms with Gasteiger partial charge in [0.2, 0.25) is 11.8 Å². The molecule has 1 aliphatic heterocycles. The first-order valence-electron chi connectivity index (χ1n) is 9.97. The van der Waals surface area contributed by atoms with E-state index in [9.17, 15) is 13.6 Å². The Labute approximate surface area is 176 Å². The lowest BCUT2D eigenvalue weighted by atomic mass is 10.1. The topological polar surface area (TPSA) is 104 Å². The van der Waals surface area contributed by atoms with Crippen molar-refractivity contribution >= 4 is 22.9 Å². The highest BCUT2D eigenvalue weighted by atomic mass is 19.3. The van der Waals surface area contributed by atoms with Crippen LogP contribution in [0.15, 0.2) is 24.5 Å². The van der Waals surface area contributed by atoms with Gasteiger partial charge < -0.3 is 9.47 Å². The molecule has 4 heterocycles. The molecule has 0 aliphatic carbocycles. The van der Waals surface area contributed by atoms with Crippen molar-refractivity contribution < 1.29 is 23.0 Å². The number of amides is 1. The predicted molar refractivity (Wildman–Crippen MR) is 107 cm³/mol. The number of carbonyl (C=O) groups excluding carboxylic acids is 1. The summed E-state index contributed by atoms with van der Waals surface area (Å²) in [7, 11) is 0. The lowest BCUT2D eigenvalue weighted by Gasteiger charge is -2.21. The van der Waals surface area contributed by atoms with Crippen LogP contribution in [0.25, 0.3) is 11.0 Å². The maximum Gasteiger partial charge on any atom is 0.280 e. The quantitative estimate of drug-likeness (QED) is 0.635. The molecule has 1 saturated heterocycles. The van der Waals surface area contributed by atoms with Crippen molar-refractivity contribution in [2.24, 2.45) is 0 Å². The van der Waals surface area contributed by atoms with Crippen molar-refractivity contribution in [1.82, 2.24) is 24.7 Å². The summed E-state index contributed by atoms with van der Waals surface area (Å²) < 4.78 is 38.8. The summed E-state index contributed by atoms with van der Waals surface area (Å²) in [5, 5.41) is 7.66. The van der Waals surface area contributed by atoms with Crippen LogP contribution in [0.5, 0.6) is 5.88 Å². The average Bonchev–Trinajstić information content (AvgIpc) is 3.16. The summed E-state index contributed by atoms with van der Waals surface area (Å²) in [6, 6.07) is 2.90. The molecular weight excluding hydrogens is 410 g/mol. The minimum Gasteiger partial charge on any atom is -0.474 e. The highest BCUT2D eigenvalue weighted by Crippen LogP contribution is 2.27. The van der Waals surface area contributed by atoms with E-state index in [1.54, 1.807) is 6.07 Å². The van der Waals surface area contributed by atoms with Crippen LogP contribution in [0.4, 0.5) is 14.7 Å². The molecule has 1 fully saturated rings. The Kier molecular flexibility index (Phi) is 6.03. The number of ether oxygens (including phenoxy) is 2.